The van der Waals surface area contributed by atoms with Gasteiger partial charge in [-0.1, -0.05) is 6.07 Å². The van der Waals surface area contributed by atoms with Crippen molar-refractivity contribution in [2.45, 2.75) is 32.3 Å². The van der Waals surface area contributed by atoms with Crippen LogP contribution in [-0.4, -0.2) is 28.6 Å². The van der Waals surface area contributed by atoms with Gasteiger partial charge in [0, 0.05) is 11.9 Å². The predicted octanol–water partition coefficient (Wildman–Crippen LogP) is 2.69. The molecule has 0 saturated heterocycles. The van der Waals surface area contributed by atoms with Crippen LogP contribution in [0.1, 0.15) is 25.5 Å². The quantitative estimate of drug-likeness (QED) is 0.773. The number of aliphatic hydroxyl groups excluding tert-OH is 1. The minimum Gasteiger partial charge on any atom is -0.393 e. The number of hydrogen-bond donors (Lipinski definition) is 2. The molecule has 108 valence electrons. The molecule has 0 saturated carbocycles. The minimum absolute atomic E-state index is 0.0152. The third kappa shape index (κ3) is 4.70. The van der Waals surface area contributed by atoms with Crippen molar-refractivity contribution in [1.82, 2.24) is 10.3 Å². The summed E-state index contributed by atoms with van der Waals surface area (Å²) < 4.78 is 0. The average Bonchev–Trinajstić information content (AvgIpc) is 3.04. The SMILES string of the molecule is CC(O)CCCNC(=O)Cc1csc(-c2cccs2)n1. The lowest BCUT2D eigenvalue weighted by molar-refractivity contribution is -0.120. The number of carbonyl (C=O) groups is 1. The van der Waals surface area contributed by atoms with Gasteiger partial charge >= 0.3 is 0 Å². The summed E-state index contributed by atoms with van der Waals surface area (Å²) in [5.74, 6) is -0.0152. The molecule has 1 amide bonds. The van der Waals surface area contributed by atoms with E-state index in [4.69, 9.17) is 5.11 Å². The lowest BCUT2D eigenvalue weighted by atomic mass is 10.2. The van der Waals surface area contributed by atoms with Crippen LogP contribution in [0.15, 0.2) is 22.9 Å². The molecule has 2 aromatic heterocycles. The van der Waals surface area contributed by atoms with Gasteiger partial charge in [0.25, 0.3) is 0 Å². The van der Waals surface area contributed by atoms with Crippen LogP contribution in [0.2, 0.25) is 0 Å². The first-order chi connectivity index (χ1) is 9.65. The molecule has 2 N–H and O–H groups in total. The van der Waals surface area contributed by atoms with E-state index in [1.807, 2.05) is 22.9 Å². The van der Waals surface area contributed by atoms with Gasteiger partial charge in [0.05, 0.1) is 23.1 Å². The van der Waals surface area contributed by atoms with Gasteiger partial charge in [0.1, 0.15) is 5.01 Å². The topological polar surface area (TPSA) is 62.2 Å². The van der Waals surface area contributed by atoms with Gasteiger partial charge in [0.2, 0.25) is 5.91 Å². The fraction of sp³-hybridized carbons (Fsp3) is 0.429. The van der Waals surface area contributed by atoms with Crippen LogP contribution in [0.25, 0.3) is 9.88 Å². The van der Waals surface area contributed by atoms with E-state index in [1.165, 1.54) is 0 Å². The van der Waals surface area contributed by atoms with Crippen LogP contribution in [-0.2, 0) is 11.2 Å². The molecule has 1 atom stereocenters. The maximum atomic E-state index is 11.7. The Bertz CT molecular complexity index is 535. The Balaban J connectivity index is 1.77. The number of thiophene rings is 1. The van der Waals surface area contributed by atoms with Crippen molar-refractivity contribution >= 4 is 28.6 Å². The van der Waals surface area contributed by atoms with Crippen LogP contribution in [0, 0.1) is 0 Å². The Hall–Kier alpha value is -1.24. The molecule has 6 heteroatoms. The molecule has 0 spiro atoms. The number of nitrogens with one attached hydrogen (secondary N) is 1. The van der Waals surface area contributed by atoms with E-state index < -0.39 is 0 Å². The summed E-state index contributed by atoms with van der Waals surface area (Å²) >= 11 is 3.22. The number of hydrogen-bond acceptors (Lipinski definition) is 5. The smallest absolute Gasteiger partial charge is 0.226 e. The maximum absolute atomic E-state index is 11.7. The molecule has 0 radical (unpaired) electrons. The van der Waals surface area contributed by atoms with Crippen molar-refractivity contribution in [1.29, 1.82) is 0 Å². The Kier molecular flexibility index (Phi) is 5.70. The molecule has 0 aromatic carbocycles. The summed E-state index contributed by atoms with van der Waals surface area (Å²) in [6, 6.07) is 4.03. The van der Waals surface area contributed by atoms with Crippen molar-refractivity contribution in [2.75, 3.05) is 6.54 Å². The van der Waals surface area contributed by atoms with E-state index >= 15 is 0 Å². The minimum atomic E-state index is -0.307. The Morgan fingerprint density at radius 1 is 1.50 bits per heavy atom. The molecule has 2 heterocycles. The predicted molar refractivity (Wildman–Crippen MR) is 83.1 cm³/mol. The molecule has 0 bridgehead atoms. The van der Waals surface area contributed by atoms with Crippen LogP contribution in [0.3, 0.4) is 0 Å². The fourth-order valence-corrected chi connectivity index (χ4v) is 3.39. The first-order valence-corrected chi connectivity index (χ1v) is 8.34. The van der Waals surface area contributed by atoms with Crippen LogP contribution >= 0.6 is 22.7 Å². The molecule has 2 rings (SSSR count). The van der Waals surface area contributed by atoms with E-state index in [2.05, 4.69) is 10.3 Å². The van der Waals surface area contributed by atoms with E-state index in [0.29, 0.717) is 19.4 Å². The molecule has 2 aromatic rings. The monoisotopic (exact) mass is 310 g/mol. The van der Waals surface area contributed by atoms with Gasteiger partial charge in [-0.05, 0) is 31.2 Å². The van der Waals surface area contributed by atoms with Gasteiger partial charge in [0.15, 0.2) is 0 Å². The molecule has 1 unspecified atom stereocenters. The van der Waals surface area contributed by atoms with E-state index in [0.717, 1.165) is 22.0 Å². The largest absolute Gasteiger partial charge is 0.393 e. The molecule has 0 aliphatic rings. The van der Waals surface area contributed by atoms with Gasteiger partial charge in [-0.3, -0.25) is 4.79 Å². The zero-order chi connectivity index (χ0) is 14.4. The molecule has 20 heavy (non-hydrogen) atoms. The van der Waals surface area contributed by atoms with Crippen molar-refractivity contribution in [3.8, 4) is 9.88 Å². The molecular formula is C14H18N2O2S2. The normalized spacial score (nSPS) is 12.3. The highest BCUT2D eigenvalue weighted by molar-refractivity contribution is 7.20. The number of aliphatic hydroxyl groups is 1. The first-order valence-electron chi connectivity index (χ1n) is 6.58. The van der Waals surface area contributed by atoms with E-state index in [9.17, 15) is 4.79 Å². The van der Waals surface area contributed by atoms with Crippen molar-refractivity contribution < 1.29 is 9.90 Å². The number of amides is 1. The number of nitrogens with zero attached hydrogens (tertiary/aromatic N) is 1. The van der Waals surface area contributed by atoms with Crippen molar-refractivity contribution in [3.63, 3.8) is 0 Å². The van der Waals surface area contributed by atoms with Gasteiger partial charge in [-0.15, -0.1) is 22.7 Å². The van der Waals surface area contributed by atoms with Crippen LogP contribution in [0.4, 0.5) is 0 Å². The molecule has 0 fully saturated rings. The fourth-order valence-electron chi connectivity index (χ4n) is 1.75. The Labute approximate surface area is 126 Å². The van der Waals surface area contributed by atoms with Crippen LogP contribution in [0.5, 0.6) is 0 Å². The molecular weight excluding hydrogens is 292 g/mol. The summed E-state index contributed by atoms with van der Waals surface area (Å²) in [7, 11) is 0. The highest BCUT2D eigenvalue weighted by Crippen LogP contribution is 2.27. The van der Waals surface area contributed by atoms with Gasteiger partial charge < -0.3 is 10.4 Å². The standard InChI is InChI=1S/C14H18N2O2S2/c1-10(17)4-2-6-15-13(18)8-11-9-20-14(16-11)12-5-3-7-19-12/h3,5,7,9-10,17H,2,4,6,8H2,1H3,(H,15,18). The van der Waals surface area contributed by atoms with Crippen molar-refractivity contribution in [2.24, 2.45) is 0 Å². The third-order valence-corrected chi connectivity index (χ3v) is 4.68. The highest BCUT2D eigenvalue weighted by atomic mass is 32.1. The average molecular weight is 310 g/mol. The lowest BCUT2D eigenvalue weighted by Gasteiger charge is -2.05. The summed E-state index contributed by atoms with van der Waals surface area (Å²) in [5, 5.41) is 16.9. The Morgan fingerprint density at radius 3 is 3.05 bits per heavy atom. The van der Waals surface area contributed by atoms with E-state index in [1.54, 1.807) is 29.6 Å². The summed E-state index contributed by atoms with van der Waals surface area (Å²) in [6.07, 6.45) is 1.51. The lowest BCUT2D eigenvalue weighted by Crippen LogP contribution is -2.26. The van der Waals surface area contributed by atoms with Gasteiger partial charge in [-0.25, -0.2) is 4.98 Å². The second-order valence-corrected chi connectivity index (χ2v) is 6.45. The summed E-state index contributed by atoms with van der Waals surface area (Å²) in [4.78, 5) is 17.4. The Morgan fingerprint density at radius 2 is 2.35 bits per heavy atom. The summed E-state index contributed by atoms with van der Waals surface area (Å²) in [5.41, 5.74) is 0.812. The molecule has 0 aliphatic carbocycles. The third-order valence-electron chi connectivity index (χ3n) is 2.75. The zero-order valence-corrected chi connectivity index (χ0v) is 13.0. The number of aromatic nitrogens is 1. The second-order valence-electron chi connectivity index (χ2n) is 4.64. The number of thiazole rings is 1. The zero-order valence-electron chi connectivity index (χ0n) is 11.3. The summed E-state index contributed by atoms with van der Waals surface area (Å²) in [6.45, 7) is 2.36. The molecule has 4 nitrogen and oxygen atoms in total. The first kappa shape index (κ1) is 15.2. The number of carbonyl (C=O) groups excluding carboxylic acids is 1. The number of rotatable bonds is 7. The van der Waals surface area contributed by atoms with Crippen LogP contribution < -0.4 is 5.32 Å². The molecule has 0 aliphatic heterocycles. The second kappa shape index (κ2) is 7.52. The van der Waals surface area contributed by atoms with E-state index in [-0.39, 0.29) is 12.0 Å². The maximum Gasteiger partial charge on any atom is 0.226 e. The highest BCUT2D eigenvalue weighted by Gasteiger charge is 2.09. The van der Waals surface area contributed by atoms with Gasteiger partial charge in [-0.2, -0.15) is 0 Å². The van der Waals surface area contributed by atoms with Crippen molar-refractivity contribution in [3.05, 3.63) is 28.6 Å².